The second-order valence-corrected chi connectivity index (χ2v) is 7.30. The number of hydrogen-bond donors (Lipinski definition) is 1. The smallest absolute Gasteiger partial charge is 0.271 e. The molecule has 1 atom stereocenters. The van der Waals surface area contributed by atoms with E-state index in [4.69, 9.17) is 4.74 Å². The zero-order chi connectivity index (χ0) is 21.0. The number of carbonyl (C=O) groups excluding carboxylic acids is 1. The average molecular weight is 382 g/mol. The van der Waals surface area contributed by atoms with Crippen LogP contribution in [0, 0.1) is 24.2 Å². The predicted octanol–water partition coefficient (Wildman–Crippen LogP) is 3.97. The summed E-state index contributed by atoms with van der Waals surface area (Å²) in [6.07, 6.45) is 0.566. The lowest BCUT2D eigenvalue weighted by molar-refractivity contribution is 0.103. The Morgan fingerprint density at radius 3 is 2.36 bits per heavy atom. The van der Waals surface area contributed by atoms with Crippen LogP contribution in [0.5, 0.6) is 11.6 Å². The fourth-order valence-electron chi connectivity index (χ4n) is 2.89. The van der Waals surface area contributed by atoms with E-state index in [1.165, 1.54) is 6.92 Å². The monoisotopic (exact) mass is 382 g/mol. The average Bonchev–Trinajstić information content (AvgIpc) is 2.66. The molecule has 0 radical (unpaired) electrons. The van der Waals surface area contributed by atoms with Crippen molar-refractivity contribution in [2.75, 3.05) is 6.61 Å². The van der Waals surface area contributed by atoms with E-state index in [0.29, 0.717) is 30.3 Å². The lowest BCUT2D eigenvalue weighted by Crippen LogP contribution is -2.28. The van der Waals surface area contributed by atoms with Gasteiger partial charge in [-0.25, -0.2) is 0 Å². The molecule has 0 aliphatic rings. The molecule has 148 valence electrons. The molecule has 0 aliphatic heterocycles. The molecule has 1 heterocycles. The molecule has 1 N–H and O–H groups in total. The molecule has 0 spiro atoms. The Kier molecular flexibility index (Phi) is 6.63. The number of hydrogen-bond acceptors (Lipinski definition) is 5. The van der Waals surface area contributed by atoms with Crippen molar-refractivity contribution >= 4 is 5.78 Å². The normalized spacial score (nSPS) is 11.9. The van der Waals surface area contributed by atoms with Gasteiger partial charge in [-0.1, -0.05) is 20.8 Å². The Hall–Kier alpha value is -3.07. The molecule has 6 nitrogen and oxygen atoms in total. The summed E-state index contributed by atoms with van der Waals surface area (Å²) in [6.45, 7) is 9.78. The van der Waals surface area contributed by atoms with Gasteiger partial charge in [-0.05, 0) is 56.0 Å². The third-order valence-corrected chi connectivity index (χ3v) is 4.70. The molecule has 2 rings (SSSR count). The van der Waals surface area contributed by atoms with Crippen molar-refractivity contribution in [3.8, 4) is 17.7 Å². The number of aromatic nitrogens is 1. The zero-order valence-corrected chi connectivity index (χ0v) is 16.9. The fraction of sp³-hybridized carbons (Fsp3) is 0.409. The van der Waals surface area contributed by atoms with Crippen molar-refractivity contribution in [2.45, 2.75) is 47.1 Å². The second kappa shape index (κ2) is 8.75. The van der Waals surface area contributed by atoms with Crippen molar-refractivity contribution in [3.63, 3.8) is 0 Å². The zero-order valence-electron chi connectivity index (χ0n) is 16.9. The molecule has 0 saturated heterocycles. The van der Waals surface area contributed by atoms with Crippen LogP contribution in [-0.2, 0) is 0 Å². The third-order valence-electron chi connectivity index (χ3n) is 4.70. The standard InChI is InChI=1S/C22H26N2O4/c1-6-14(4)24-21(26)18(11-23)15(5)19(22(24)27)20(25)16-7-9-17(10-8-16)28-12-13(2)3/h7-10,13-14,27H,6,12H2,1-5H3. The predicted molar refractivity (Wildman–Crippen MR) is 107 cm³/mol. The summed E-state index contributed by atoms with van der Waals surface area (Å²) in [7, 11) is 0. The summed E-state index contributed by atoms with van der Waals surface area (Å²) >= 11 is 0. The number of rotatable bonds is 7. The van der Waals surface area contributed by atoms with Crippen molar-refractivity contribution in [2.24, 2.45) is 5.92 Å². The molecule has 1 aromatic heterocycles. The maximum Gasteiger partial charge on any atom is 0.271 e. The molecule has 0 saturated carbocycles. The summed E-state index contributed by atoms with van der Waals surface area (Å²) in [5, 5.41) is 20.1. The summed E-state index contributed by atoms with van der Waals surface area (Å²) in [5.74, 6) is 0.181. The molecular formula is C22H26N2O4. The first kappa shape index (κ1) is 21.2. The molecule has 1 unspecified atom stereocenters. The lowest BCUT2D eigenvalue weighted by atomic mass is 9.96. The number of pyridine rings is 1. The largest absolute Gasteiger partial charge is 0.494 e. The topological polar surface area (TPSA) is 92.3 Å². The molecule has 0 bridgehead atoms. The molecule has 0 aliphatic carbocycles. The highest BCUT2D eigenvalue weighted by atomic mass is 16.5. The van der Waals surface area contributed by atoms with E-state index < -0.39 is 17.2 Å². The summed E-state index contributed by atoms with van der Waals surface area (Å²) in [4.78, 5) is 25.7. The number of ether oxygens (including phenoxy) is 1. The first-order valence-electron chi connectivity index (χ1n) is 9.38. The van der Waals surface area contributed by atoms with E-state index in [-0.39, 0.29) is 22.7 Å². The highest BCUT2D eigenvalue weighted by Gasteiger charge is 2.26. The minimum Gasteiger partial charge on any atom is -0.494 e. The molecule has 28 heavy (non-hydrogen) atoms. The molecule has 1 aromatic carbocycles. The number of carbonyl (C=O) groups is 1. The summed E-state index contributed by atoms with van der Waals surface area (Å²) < 4.78 is 6.75. The van der Waals surface area contributed by atoms with Crippen LogP contribution in [0.2, 0.25) is 0 Å². The fourth-order valence-corrected chi connectivity index (χ4v) is 2.89. The SMILES string of the molecule is CCC(C)n1c(O)c(C(=O)c2ccc(OCC(C)C)cc2)c(C)c(C#N)c1=O. The van der Waals surface area contributed by atoms with Gasteiger partial charge in [0.1, 0.15) is 17.4 Å². The number of aromatic hydroxyl groups is 1. The third kappa shape index (κ3) is 4.09. The van der Waals surface area contributed by atoms with Gasteiger partial charge in [-0.15, -0.1) is 0 Å². The van der Waals surface area contributed by atoms with E-state index in [0.717, 1.165) is 4.57 Å². The Bertz CT molecular complexity index is 966. The molecule has 0 amide bonds. The highest BCUT2D eigenvalue weighted by molar-refractivity contribution is 6.11. The van der Waals surface area contributed by atoms with Crippen molar-refractivity contribution in [1.82, 2.24) is 4.57 Å². The van der Waals surface area contributed by atoms with Gasteiger partial charge in [0.25, 0.3) is 5.56 Å². The van der Waals surface area contributed by atoms with Crippen LogP contribution in [0.25, 0.3) is 0 Å². The van der Waals surface area contributed by atoms with Crippen LogP contribution >= 0.6 is 0 Å². The van der Waals surface area contributed by atoms with E-state index in [1.54, 1.807) is 31.2 Å². The lowest BCUT2D eigenvalue weighted by Gasteiger charge is -2.19. The van der Waals surface area contributed by atoms with Crippen LogP contribution in [0.15, 0.2) is 29.1 Å². The van der Waals surface area contributed by atoms with Crippen LogP contribution in [0.1, 0.15) is 67.2 Å². The number of benzene rings is 1. The second-order valence-electron chi connectivity index (χ2n) is 7.30. The number of nitriles is 1. The minimum absolute atomic E-state index is 0.0210. The van der Waals surface area contributed by atoms with E-state index in [1.807, 2.05) is 26.8 Å². The summed E-state index contributed by atoms with van der Waals surface area (Å²) in [6, 6.07) is 8.14. The Morgan fingerprint density at radius 2 is 1.86 bits per heavy atom. The van der Waals surface area contributed by atoms with Crippen molar-refractivity contribution in [1.29, 1.82) is 5.26 Å². The highest BCUT2D eigenvalue weighted by Crippen LogP contribution is 2.28. The molecular weight excluding hydrogens is 356 g/mol. The van der Waals surface area contributed by atoms with Gasteiger partial charge in [0.15, 0.2) is 5.78 Å². The van der Waals surface area contributed by atoms with Gasteiger partial charge in [0.05, 0.1) is 12.2 Å². The van der Waals surface area contributed by atoms with Crippen LogP contribution in [-0.4, -0.2) is 22.1 Å². The first-order valence-corrected chi connectivity index (χ1v) is 9.38. The summed E-state index contributed by atoms with van der Waals surface area (Å²) in [5.41, 5.74) is -0.199. The minimum atomic E-state index is -0.583. The van der Waals surface area contributed by atoms with Crippen LogP contribution < -0.4 is 10.3 Å². The molecule has 6 heteroatoms. The number of ketones is 1. The number of nitrogens with zero attached hydrogens (tertiary/aromatic N) is 2. The van der Waals surface area contributed by atoms with E-state index >= 15 is 0 Å². The Morgan fingerprint density at radius 1 is 1.25 bits per heavy atom. The van der Waals surface area contributed by atoms with Gasteiger partial charge in [0.2, 0.25) is 5.88 Å². The Balaban J connectivity index is 2.54. The van der Waals surface area contributed by atoms with Gasteiger partial charge < -0.3 is 9.84 Å². The van der Waals surface area contributed by atoms with Gasteiger partial charge in [0, 0.05) is 11.6 Å². The maximum absolute atomic E-state index is 13.1. The van der Waals surface area contributed by atoms with Crippen molar-refractivity contribution < 1.29 is 14.6 Å². The van der Waals surface area contributed by atoms with E-state index in [9.17, 15) is 20.0 Å². The van der Waals surface area contributed by atoms with E-state index in [2.05, 4.69) is 0 Å². The molecule has 0 fully saturated rings. The van der Waals surface area contributed by atoms with Crippen molar-refractivity contribution in [3.05, 3.63) is 56.9 Å². The van der Waals surface area contributed by atoms with Gasteiger partial charge in [-0.2, -0.15) is 5.26 Å². The molecule has 2 aromatic rings. The maximum atomic E-state index is 13.1. The van der Waals surface area contributed by atoms with Gasteiger partial charge >= 0.3 is 0 Å². The Labute approximate surface area is 165 Å². The van der Waals surface area contributed by atoms with Crippen LogP contribution in [0.4, 0.5) is 0 Å². The first-order chi connectivity index (χ1) is 13.2. The quantitative estimate of drug-likeness (QED) is 0.732. The van der Waals surface area contributed by atoms with Crippen LogP contribution in [0.3, 0.4) is 0 Å². The van der Waals surface area contributed by atoms with Gasteiger partial charge in [-0.3, -0.25) is 14.2 Å².